The van der Waals surface area contributed by atoms with Gasteiger partial charge in [0.15, 0.2) is 6.29 Å². The predicted octanol–water partition coefficient (Wildman–Crippen LogP) is -1.18. The van der Waals surface area contributed by atoms with Gasteiger partial charge < -0.3 is 30.5 Å². The Morgan fingerprint density at radius 2 is 2.00 bits per heavy atom. The van der Waals surface area contributed by atoms with Crippen LogP contribution in [0.3, 0.4) is 0 Å². The van der Waals surface area contributed by atoms with E-state index < -0.39 is 43.2 Å². The van der Waals surface area contributed by atoms with Crippen molar-refractivity contribution in [1.29, 1.82) is 0 Å². The van der Waals surface area contributed by atoms with Crippen LogP contribution < -0.4 is 5.32 Å². The molecule has 21 heavy (non-hydrogen) atoms. The molecule has 1 aliphatic heterocycles. The number of amides is 1. The molecule has 7 nitrogen and oxygen atoms in total. The average Bonchev–Trinajstić information content (AvgIpc) is 2.47. The van der Waals surface area contributed by atoms with E-state index in [0.717, 1.165) is 3.57 Å². The smallest absolute Gasteiger partial charge is 0.251 e. The van der Waals surface area contributed by atoms with Gasteiger partial charge in [0.1, 0.15) is 24.4 Å². The van der Waals surface area contributed by atoms with Crippen molar-refractivity contribution in [3.63, 3.8) is 0 Å². The molecule has 0 saturated carbocycles. The minimum absolute atomic E-state index is 0.361. The van der Waals surface area contributed by atoms with E-state index in [1.807, 2.05) is 6.07 Å². The van der Waals surface area contributed by atoms with Crippen LogP contribution in [0.15, 0.2) is 24.3 Å². The van der Waals surface area contributed by atoms with Crippen LogP contribution in [-0.2, 0) is 4.74 Å². The summed E-state index contributed by atoms with van der Waals surface area (Å²) in [5.41, 5.74) is 0.361. The van der Waals surface area contributed by atoms with Gasteiger partial charge in [0.2, 0.25) is 0 Å². The molecule has 1 aromatic carbocycles. The van der Waals surface area contributed by atoms with Crippen LogP contribution in [-0.4, -0.2) is 63.6 Å². The number of aliphatic hydroxyl groups excluding tert-OH is 4. The van der Waals surface area contributed by atoms with E-state index in [-0.39, 0.29) is 0 Å². The maximum absolute atomic E-state index is 12.1. The average molecular weight is 405 g/mol. The highest BCUT2D eigenvalue weighted by Crippen LogP contribution is 2.20. The fraction of sp³-hybridized carbons (Fsp3) is 0.462. The lowest BCUT2D eigenvalue weighted by atomic mass is 9.97. The molecule has 0 aromatic heterocycles. The van der Waals surface area contributed by atoms with E-state index in [9.17, 15) is 20.1 Å². The first-order chi connectivity index (χ1) is 9.93. The van der Waals surface area contributed by atoms with Gasteiger partial charge in [0.25, 0.3) is 5.91 Å². The van der Waals surface area contributed by atoms with Crippen molar-refractivity contribution in [2.45, 2.75) is 30.6 Å². The lowest BCUT2D eigenvalue weighted by Crippen LogP contribution is -2.64. The van der Waals surface area contributed by atoms with Gasteiger partial charge in [-0.05, 0) is 40.8 Å². The van der Waals surface area contributed by atoms with Crippen molar-refractivity contribution in [1.82, 2.24) is 5.32 Å². The number of nitrogens with one attached hydrogen (secondary N) is 1. The number of hydrogen-bond acceptors (Lipinski definition) is 6. The maximum atomic E-state index is 12.1. The van der Waals surface area contributed by atoms with Crippen molar-refractivity contribution in [3.05, 3.63) is 33.4 Å². The molecule has 1 fully saturated rings. The Labute approximate surface area is 134 Å². The highest BCUT2D eigenvalue weighted by atomic mass is 123. The second-order valence-electron chi connectivity index (χ2n) is 4.74. The van der Waals surface area contributed by atoms with Crippen LogP contribution in [0.2, 0.25) is 0 Å². The van der Waals surface area contributed by atoms with Crippen LogP contribution in [0, 0.1) is 3.57 Å². The van der Waals surface area contributed by atoms with E-state index in [4.69, 9.17) is 9.84 Å². The van der Waals surface area contributed by atoms with Crippen LogP contribution in [0.4, 0.5) is 0 Å². The lowest BCUT2D eigenvalue weighted by molar-refractivity contribution is -0.252. The molecule has 0 bridgehead atoms. The van der Waals surface area contributed by atoms with Crippen molar-refractivity contribution in [2.75, 3.05) is 6.61 Å². The first kappa shape index (κ1) is 16.6. The quantitative estimate of drug-likeness (QED) is 0.404. The molecule has 0 spiro atoms. The highest BCUT2D eigenvalue weighted by molar-refractivity contribution is 14.1. The summed E-state index contributed by atoms with van der Waals surface area (Å²) < 4.78 is 5.83. The van der Waals surface area contributed by atoms with E-state index in [0.29, 0.717) is 5.56 Å². The number of halogens is 1. The molecule has 0 aliphatic carbocycles. The SMILES string of the molecule is O=C(N[C@@H]1[C@@H](O)[C@H](O)[C@@H](CO)O[C@@H]1O)c1cccc([123I])c1. The zero-order chi connectivity index (χ0) is 15.6. The van der Waals surface area contributed by atoms with Gasteiger partial charge in [-0.1, -0.05) is 6.07 Å². The van der Waals surface area contributed by atoms with Gasteiger partial charge in [0.05, 0.1) is 6.61 Å². The van der Waals surface area contributed by atoms with Gasteiger partial charge in [-0.15, -0.1) is 0 Å². The summed E-state index contributed by atoms with van der Waals surface area (Å²) in [5.74, 6) is -0.505. The Bertz CT molecular complexity index is 513. The summed E-state index contributed by atoms with van der Waals surface area (Å²) in [7, 11) is 0. The summed E-state index contributed by atoms with van der Waals surface area (Å²) in [4.78, 5) is 12.1. The largest absolute Gasteiger partial charge is 0.394 e. The maximum Gasteiger partial charge on any atom is 0.251 e. The molecule has 1 aromatic rings. The fourth-order valence-electron chi connectivity index (χ4n) is 2.12. The Morgan fingerprint density at radius 3 is 2.62 bits per heavy atom. The minimum atomic E-state index is -1.52. The lowest BCUT2D eigenvalue weighted by Gasteiger charge is -2.40. The van der Waals surface area contributed by atoms with Crippen LogP contribution in [0.5, 0.6) is 0 Å². The van der Waals surface area contributed by atoms with E-state index >= 15 is 0 Å². The Hall–Kier alpha value is -0.780. The van der Waals surface area contributed by atoms with Crippen molar-refractivity contribution in [2.24, 2.45) is 0 Å². The first-order valence-corrected chi connectivity index (χ1v) is 7.39. The van der Waals surface area contributed by atoms with Crippen LogP contribution in [0.1, 0.15) is 10.4 Å². The Kier molecular flexibility index (Phi) is 5.52. The summed E-state index contributed by atoms with van der Waals surface area (Å²) in [5, 5.41) is 40.9. The number of aliphatic hydroxyl groups is 4. The molecule has 1 heterocycles. The third kappa shape index (κ3) is 3.71. The molecule has 116 valence electrons. The molecule has 5 N–H and O–H groups in total. The predicted molar refractivity (Wildman–Crippen MR) is 80.4 cm³/mol. The number of carbonyl (C=O) groups excluding carboxylic acids is 1. The van der Waals surface area contributed by atoms with E-state index in [1.54, 1.807) is 18.2 Å². The second-order valence-corrected chi connectivity index (χ2v) is 5.98. The zero-order valence-electron chi connectivity index (χ0n) is 10.9. The molecule has 8 heteroatoms. The van der Waals surface area contributed by atoms with Gasteiger partial charge >= 0.3 is 0 Å². The summed E-state index contributed by atoms with van der Waals surface area (Å²) in [6.45, 7) is -0.549. The molecule has 1 amide bonds. The molecule has 5 atom stereocenters. The van der Waals surface area contributed by atoms with Gasteiger partial charge in [-0.2, -0.15) is 0 Å². The zero-order valence-corrected chi connectivity index (χ0v) is 13.0. The minimum Gasteiger partial charge on any atom is -0.394 e. The number of ether oxygens (including phenoxy) is 1. The molecular weight excluding hydrogens is 389 g/mol. The van der Waals surface area contributed by atoms with Gasteiger partial charge in [0, 0.05) is 9.13 Å². The molecule has 1 saturated heterocycles. The summed E-state index contributed by atoms with van der Waals surface area (Å²) in [6, 6.07) is 5.57. The van der Waals surface area contributed by atoms with Crippen molar-refractivity contribution < 1.29 is 30.0 Å². The number of hydrogen-bond donors (Lipinski definition) is 5. The molecule has 0 unspecified atom stereocenters. The van der Waals surface area contributed by atoms with Gasteiger partial charge in [-0.25, -0.2) is 0 Å². The standard InChI is InChI=1S/C13H16INO6/c14-7-3-1-2-6(4-7)12(19)15-9-11(18)10(17)8(5-16)21-13(9)20/h1-4,8-11,13,16-18,20H,5H2,(H,15,19)/t8-,9-,10-,11-,13+/m1/s1/i14-4. The Balaban J connectivity index is 2.09. The van der Waals surface area contributed by atoms with Gasteiger partial charge in [-0.3, -0.25) is 4.79 Å². The molecule has 1 aliphatic rings. The number of benzene rings is 1. The fourth-order valence-corrected chi connectivity index (χ4v) is 2.66. The third-order valence-electron chi connectivity index (χ3n) is 3.28. The second kappa shape index (κ2) is 6.99. The number of rotatable bonds is 3. The summed E-state index contributed by atoms with van der Waals surface area (Å²) >= 11 is 2.06. The van der Waals surface area contributed by atoms with E-state index in [1.165, 1.54) is 0 Å². The first-order valence-electron chi connectivity index (χ1n) is 6.31. The summed E-state index contributed by atoms with van der Waals surface area (Å²) in [6.07, 6.45) is -5.47. The monoisotopic (exact) mass is 405 g/mol. The highest BCUT2D eigenvalue weighted by Gasteiger charge is 2.44. The van der Waals surface area contributed by atoms with Crippen LogP contribution >= 0.6 is 22.6 Å². The molecule has 0 radical (unpaired) electrons. The van der Waals surface area contributed by atoms with Crippen molar-refractivity contribution in [3.8, 4) is 0 Å². The van der Waals surface area contributed by atoms with E-state index in [2.05, 4.69) is 27.9 Å². The van der Waals surface area contributed by atoms with Crippen LogP contribution in [0.25, 0.3) is 0 Å². The third-order valence-corrected chi connectivity index (χ3v) is 3.96. The topological polar surface area (TPSA) is 119 Å². The Morgan fingerprint density at radius 1 is 1.29 bits per heavy atom. The molecular formula is C13H16INO6. The molecule has 2 rings (SSSR count). The van der Waals surface area contributed by atoms with Crippen molar-refractivity contribution >= 4 is 28.5 Å². The normalized spacial score (nSPS) is 32.7. The number of carbonyl (C=O) groups is 1.